The second-order valence-corrected chi connectivity index (χ2v) is 10.1. The van der Waals surface area contributed by atoms with Crippen LogP contribution in [0.5, 0.6) is 0 Å². The number of carbonyl (C=O) groups is 1. The van der Waals surface area contributed by atoms with Crippen LogP contribution in [0.4, 0.5) is 0 Å². The Balaban J connectivity index is 1.73. The van der Waals surface area contributed by atoms with Gasteiger partial charge in [0.15, 0.2) is 0 Å². The molecule has 2 heterocycles. The zero-order valence-electron chi connectivity index (χ0n) is 15.5. The molecule has 1 saturated heterocycles. The van der Waals surface area contributed by atoms with Gasteiger partial charge in [0.2, 0.25) is 0 Å². The van der Waals surface area contributed by atoms with Gasteiger partial charge < -0.3 is 10.1 Å². The van der Waals surface area contributed by atoms with Crippen LogP contribution in [0.3, 0.4) is 0 Å². The Morgan fingerprint density at radius 1 is 1.15 bits per heavy atom. The third-order valence-corrected chi connectivity index (χ3v) is 7.75. The van der Waals surface area contributed by atoms with Crippen molar-refractivity contribution in [2.24, 2.45) is 5.92 Å². The Hall–Kier alpha value is -1.74. The number of hydrogen-bond acceptors (Lipinski definition) is 5. The van der Waals surface area contributed by atoms with Crippen molar-refractivity contribution in [2.75, 3.05) is 32.8 Å². The van der Waals surface area contributed by atoms with Crippen LogP contribution in [0.15, 0.2) is 40.6 Å². The lowest BCUT2D eigenvalue weighted by Gasteiger charge is -2.25. The molecule has 1 amide bonds. The lowest BCUT2D eigenvalue weighted by atomic mass is 10.1. The molecule has 0 bridgehead atoms. The molecule has 0 saturated carbocycles. The maximum Gasteiger partial charge on any atom is 0.252 e. The topological polar surface area (TPSA) is 75.7 Å². The summed E-state index contributed by atoms with van der Waals surface area (Å²) in [7, 11) is -3.48. The highest BCUT2D eigenvalue weighted by atomic mass is 32.2. The number of benzene rings is 1. The number of rotatable bonds is 6. The molecule has 0 unspecified atom stereocenters. The van der Waals surface area contributed by atoms with Crippen molar-refractivity contribution in [3.05, 3.63) is 42.0 Å². The molecule has 3 rings (SSSR count). The molecular weight excluding hydrogens is 384 g/mol. The number of nitrogens with zero attached hydrogens (tertiary/aromatic N) is 1. The Morgan fingerprint density at radius 2 is 1.81 bits per heavy atom. The highest BCUT2D eigenvalue weighted by molar-refractivity contribution is 7.91. The molecule has 1 fully saturated rings. The predicted octanol–water partition coefficient (Wildman–Crippen LogP) is 2.82. The molecule has 0 aliphatic carbocycles. The summed E-state index contributed by atoms with van der Waals surface area (Å²) in [6.45, 7) is 6.35. The molecule has 0 atom stereocenters. The zero-order valence-corrected chi connectivity index (χ0v) is 17.1. The third-order valence-electron chi connectivity index (χ3n) is 4.25. The highest BCUT2D eigenvalue weighted by Gasteiger charge is 2.27. The molecule has 1 N–H and O–H groups in total. The number of morpholine rings is 1. The van der Waals surface area contributed by atoms with E-state index < -0.39 is 10.0 Å². The molecule has 1 aromatic carbocycles. The average Bonchev–Trinajstić information content (AvgIpc) is 3.18. The summed E-state index contributed by atoms with van der Waals surface area (Å²) < 4.78 is 32.5. The van der Waals surface area contributed by atoms with Gasteiger partial charge in [0.1, 0.15) is 4.21 Å². The molecule has 1 aromatic heterocycles. The average molecular weight is 409 g/mol. The molecule has 6 nitrogen and oxygen atoms in total. The molecular formula is C19H24N2O4S2. The number of carbonyl (C=O) groups excluding carboxylic acids is 1. The van der Waals surface area contributed by atoms with E-state index in [2.05, 4.69) is 5.32 Å². The zero-order chi connectivity index (χ0) is 19.4. The first-order valence-electron chi connectivity index (χ1n) is 8.94. The monoisotopic (exact) mass is 408 g/mol. The van der Waals surface area contributed by atoms with Crippen LogP contribution in [-0.2, 0) is 14.8 Å². The van der Waals surface area contributed by atoms with Gasteiger partial charge in [-0.25, -0.2) is 8.42 Å². The van der Waals surface area contributed by atoms with Crippen LogP contribution >= 0.6 is 11.3 Å². The number of sulfonamides is 1. The molecule has 2 aromatic rings. The largest absolute Gasteiger partial charge is 0.379 e. The van der Waals surface area contributed by atoms with Crippen molar-refractivity contribution in [3.63, 3.8) is 0 Å². The van der Waals surface area contributed by atoms with E-state index in [0.29, 0.717) is 48.5 Å². The highest BCUT2D eigenvalue weighted by Crippen LogP contribution is 2.32. The van der Waals surface area contributed by atoms with Crippen LogP contribution in [0.25, 0.3) is 10.4 Å². The summed E-state index contributed by atoms with van der Waals surface area (Å²) in [4.78, 5) is 13.0. The van der Waals surface area contributed by atoms with E-state index >= 15 is 0 Å². The van der Waals surface area contributed by atoms with Gasteiger partial charge in [0.25, 0.3) is 15.9 Å². The van der Waals surface area contributed by atoms with Gasteiger partial charge in [-0.3, -0.25) is 4.79 Å². The maximum absolute atomic E-state index is 12.7. The van der Waals surface area contributed by atoms with Gasteiger partial charge in [0.05, 0.1) is 13.2 Å². The normalized spacial score (nSPS) is 15.8. The van der Waals surface area contributed by atoms with Gasteiger partial charge in [-0.2, -0.15) is 4.31 Å². The van der Waals surface area contributed by atoms with E-state index in [0.717, 1.165) is 10.4 Å². The van der Waals surface area contributed by atoms with Crippen molar-refractivity contribution < 1.29 is 17.9 Å². The Labute approximate surface area is 164 Å². The maximum atomic E-state index is 12.7. The van der Waals surface area contributed by atoms with Crippen LogP contribution in [0.2, 0.25) is 0 Å². The standard InChI is InChI=1S/C19H24N2O4S2/c1-14(2)13-20-19(22)16-5-3-15(4-6-16)17-7-8-18(26-17)27(23,24)21-9-11-25-12-10-21/h3-8,14H,9-13H2,1-2H3,(H,20,22). The molecule has 146 valence electrons. The molecule has 8 heteroatoms. The Morgan fingerprint density at radius 3 is 2.44 bits per heavy atom. The second-order valence-electron chi connectivity index (χ2n) is 6.82. The number of amides is 1. The van der Waals surface area contributed by atoms with Gasteiger partial charge in [-0.05, 0) is 35.7 Å². The minimum absolute atomic E-state index is 0.1000. The fraction of sp³-hybridized carbons (Fsp3) is 0.421. The number of thiophene rings is 1. The van der Waals surface area contributed by atoms with E-state index in [4.69, 9.17) is 4.74 Å². The van der Waals surface area contributed by atoms with Crippen LogP contribution in [0.1, 0.15) is 24.2 Å². The van der Waals surface area contributed by atoms with E-state index in [1.165, 1.54) is 15.6 Å². The second kappa shape index (κ2) is 8.52. The first-order chi connectivity index (χ1) is 12.9. The molecule has 27 heavy (non-hydrogen) atoms. The lowest BCUT2D eigenvalue weighted by molar-refractivity contribution is 0.0731. The summed E-state index contributed by atoms with van der Waals surface area (Å²) in [5.41, 5.74) is 1.49. The summed E-state index contributed by atoms with van der Waals surface area (Å²) in [5, 5.41) is 2.89. The van der Waals surface area contributed by atoms with Crippen molar-refractivity contribution in [1.29, 1.82) is 0 Å². The smallest absolute Gasteiger partial charge is 0.252 e. The minimum Gasteiger partial charge on any atom is -0.379 e. The van der Waals surface area contributed by atoms with Crippen molar-refractivity contribution in [2.45, 2.75) is 18.1 Å². The summed E-state index contributed by atoms with van der Waals surface area (Å²) in [6.07, 6.45) is 0. The van der Waals surface area contributed by atoms with Crippen molar-refractivity contribution in [1.82, 2.24) is 9.62 Å². The number of ether oxygens (including phenoxy) is 1. The Bertz CT molecular complexity index is 883. The van der Waals surface area contributed by atoms with Gasteiger partial charge in [-0.15, -0.1) is 11.3 Å². The molecule has 0 spiro atoms. The van der Waals surface area contributed by atoms with Gasteiger partial charge in [-0.1, -0.05) is 26.0 Å². The van der Waals surface area contributed by atoms with Crippen LogP contribution < -0.4 is 5.32 Å². The molecule has 1 aliphatic rings. The number of nitrogens with one attached hydrogen (secondary N) is 1. The SMILES string of the molecule is CC(C)CNC(=O)c1ccc(-c2ccc(S(=O)(=O)N3CCOCC3)s2)cc1. The quantitative estimate of drug-likeness (QED) is 0.797. The third kappa shape index (κ3) is 4.76. The van der Waals surface area contributed by atoms with Gasteiger partial charge in [0, 0.05) is 30.1 Å². The first kappa shape index (κ1) is 20.0. The summed E-state index contributed by atoms with van der Waals surface area (Å²) >= 11 is 1.24. The Kier molecular flexibility index (Phi) is 6.31. The van der Waals surface area contributed by atoms with Crippen LogP contribution in [0, 0.1) is 5.92 Å². The van der Waals surface area contributed by atoms with E-state index in [9.17, 15) is 13.2 Å². The number of hydrogen-bond donors (Lipinski definition) is 1. The molecule has 1 aliphatic heterocycles. The van der Waals surface area contributed by atoms with Crippen molar-refractivity contribution >= 4 is 27.3 Å². The molecule has 0 radical (unpaired) electrons. The fourth-order valence-electron chi connectivity index (χ4n) is 2.71. The fourth-order valence-corrected chi connectivity index (χ4v) is 5.59. The lowest BCUT2D eigenvalue weighted by Crippen LogP contribution is -2.40. The summed E-state index contributed by atoms with van der Waals surface area (Å²) in [5.74, 6) is 0.295. The van der Waals surface area contributed by atoms with E-state index in [1.54, 1.807) is 18.2 Å². The van der Waals surface area contributed by atoms with E-state index in [-0.39, 0.29) is 5.91 Å². The minimum atomic E-state index is -3.48. The van der Waals surface area contributed by atoms with Crippen molar-refractivity contribution in [3.8, 4) is 10.4 Å². The van der Waals surface area contributed by atoms with Crippen LogP contribution in [-0.4, -0.2) is 51.5 Å². The first-order valence-corrected chi connectivity index (χ1v) is 11.2. The van der Waals surface area contributed by atoms with E-state index in [1.807, 2.05) is 32.0 Å². The predicted molar refractivity (Wildman–Crippen MR) is 107 cm³/mol. The van der Waals surface area contributed by atoms with Gasteiger partial charge >= 0.3 is 0 Å². The summed E-state index contributed by atoms with van der Waals surface area (Å²) in [6, 6.07) is 10.7.